The number of pyridine rings is 1. The molecule has 15 heavy (non-hydrogen) atoms. The van der Waals surface area contributed by atoms with Crippen LogP contribution in [0.5, 0.6) is 0 Å². The maximum Gasteiger partial charge on any atom is 0.0952 e. The number of hydrogen-bond donors (Lipinski definition) is 1. The number of fused-ring (bicyclic) bond motifs is 1. The zero-order valence-corrected chi connectivity index (χ0v) is 8.56. The van der Waals surface area contributed by atoms with Crippen LogP contribution in [0.1, 0.15) is 12.8 Å². The van der Waals surface area contributed by atoms with E-state index >= 15 is 0 Å². The fourth-order valence-corrected chi connectivity index (χ4v) is 2.02. The van der Waals surface area contributed by atoms with Gasteiger partial charge in [0.25, 0.3) is 0 Å². The summed E-state index contributed by atoms with van der Waals surface area (Å²) in [6.07, 6.45) is 6.41. The van der Waals surface area contributed by atoms with Crippen LogP contribution in [-0.2, 0) is 0 Å². The van der Waals surface area contributed by atoms with Gasteiger partial charge in [-0.3, -0.25) is 0 Å². The Balaban J connectivity index is 1.90. The lowest BCUT2D eigenvalue weighted by Gasteiger charge is -2.16. The summed E-state index contributed by atoms with van der Waals surface area (Å²) >= 11 is 0. The Labute approximate surface area is 88.5 Å². The summed E-state index contributed by atoms with van der Waals surface area (Å²) in [7, 11) is 0. The van der Waals surface area contributed by atoms with Gasteiger partial charge in [0.2, 0.25) is 0 Å². The Kier molecular flexibility index (Phi) is 2.07. The Morgan fingerprint density at radius 1 is 1.20 bits per heavy atom. The van der Waals surface area contributed by atoms with Gasteiger partial charge < -0.3 is 5.43 Å². The Morgan fingerprint density at radius 3 is 2.93 bits per heavy atom. The van der Waals surface area contributed by atoms with Crippen molar-refractivity contribution in [3.63, 3.8) is 0 Å². The first-order valence-electron chi connectivity index (χ1n) is 5.37. The summed E-state index contributed by atoms with van der Waals surface area (Å²) in [5.41, 5.74) is 5.64. The van der Waals surface area contributed by atoms with E-state index < -0.39 is 0 Å². The molecule has 1 aliphatic heterocycles. The van der Waals surface area contributed by atoms with Gasteiger partial charge in [-0.1, -0.05) is 6.07 Å². The van der Waals surface area contributed by atoms with E-state index in [0.717, 1.165) is 24.3 Å². The third kappa shape index (κ3) is 1.57. The first-order valence-corrected chi connectivity index (χ1v) is 5.37. The molecule has 0 amide bonds. The third-order valence-electron chi connectivity index (χ3n) is 2.81. The van der Waals surface area contributed by atoms with Crippen molar-refractivity contribution >= 4 is 11.2 Å². The predicted octanol–water partition coefficient (Wildman–Crippen LogP) is 1.76. The molecule has 3 rings (SSSR count). The lowest BCUT2D eigenvalue weighted by atomic mass is 10.4. The van der Waals surface area contributed by atoms with Crippen molar-refractivity contribution in [2.75, 3.05) is 18.5 Å². The standard InChI is InChI=1S/C11H14N4/c1-2-8-15-11(5-1)10(9-12-15)13-14-6-3-4-7-14/h1-2,5,8-9,13H,3-4,6-7H2. The average Bonchev–Trinajstić information content (AvgIpc) is 2.89. The number of anilines is 1. The van der Waals surface area contributed by atoms with E-state index in [2.05, 4.69) is 21.6 Å². The summed E-state index contributed by atoms with van der Waals surface area (Å²) in [6.45, 7) is 2.26. The van der Waals surface area contributed by atoms with Gasteiger partial charge in [-0.05, 0) is 25.0 Å². The molecule has 78 valence electrons. The summed E-state index contributed by atoms with van der Waals surface area (Å²) in [5.74, 6) is 0. The number of nitrogens with zero attached hydrogens (tertiary/aromatic N) is 3. The normalized spacial score (nSPS) is 17.3. The second kappa shape index (κ2) is 3.55. The second-order valence-electron chi connectivity index (χ2n) is 3.89. The highest BCUT2D eigenvalue weighted by Gasteiger charge is 2.12. The van der Waals surface area contributed by atoms with Crippen LogP contribution in [0.3, 0.4) is 0 Å². The molecule has 4 nitrogen and oxygen atoms in total. The van der Waals surface area contributed by atoms with Gasteiger partial charge in [0.05, 0.1) is 17.4 Å². The summed E-state index contributed by atoms with van der Waals surface area (Å²) in [5, 5.41) is 6.54. The molecule has 1 fully saturated rings. The summed E-state index contributed by atoms with van der Waals surface area (Å²) in [4.78, 5) is 0. The van der Waals surface area contributed by atoms with Gasteiger partial charge in [-0.25, -0.2) is 9.52 Å². The minimum absolute atomic E-state index is 1.09. The Morgan fingerprint density at radius 2 is 2.07 bits per heavy atom. The molecule has 0 atom stereocenters. The van der Waals surface area contributed by atoms with Crippen LogP contribution in [0.25, 0.3) is 5.52 Å². The predicted molar refractivity (Wildman–Crippen MR) is 59.6 cm³/mol. The molecule has 1 saturated heterocycles. The van der Waals surface area contributed by atoms with E-state index in [-0.39, 0.29) is 0 Å². The maximum absolute atomic E-state index is 4.29. The molecule has 0 unspecified atom stereocenters. The molecule has 0 aliphatic carbocycles. The molecule has 3 heterocycles. The third-order valence-corrected chi connectivity index (χ3v) is 2.81. The summed E-state index contributed by atoms with van der Waals surface area (Å²) < 4.78 is 1.89. The smallest absolute Gasteiger partial charge is 0.0952 e. The minimum atomic E-state index is 1.09. The first-order chi connectivity index (χ1) is 7.43. The molecule has 0 aromatic carbocycles. The number of aromatic nitrogens is 2. The van der Waals surface area contributed by atoms with Gasteiger partial charge in [-0.2, -0.15) is 5.10 Å². The van der Waals surface area contributed by atoms with Gasteiger partial charge in [0.15, 0.2) is 0 Å². The largest absolute Gasteiger partial charge is 0.315 e. The van der Waals surface area contributed by atoms with E-state index in [1.165, 1.54) is 12.8 Å². The zero-order valence-electron chi connectivity index (χ0n) is 8.56. The number of hydrazine groups is 1. The van der Waals surface area contributed by atoms with Crippen molar-refractivity contribution in [2.45, 2.75) is 12.8 Å². The monoisotopic (exact) mass is 202 g/mol. The minimum Gasteiger partial charge on any atom is -0.315 e. The van der Waals surface area contributed by atoms with Crippen LogP contribution in [0.4, 0.5) is 5.69 Å². The molecule has 4 heteroatoms. The van der Waals surface area contributed by atoms with E-state index in [0.29, 0.717) is 0 Å². The molecule has 2 aromatic rings. The van der Waals surface area contributed by atoms with Crippen molar-refractivity contribution < 1.29 is 0 Å². The molecular weight excluding hydrogens is 188 g/mol. The molecular formula is C11H14N4. The molecule has 2 aromatic heterocycles. The number of rotatable bonds is 2. The van der Waals surface area contributed by atoms with Crippen LogP contribution >= 0.6 is 0 Å². The van der Waals surface area contributed by atoms with Crippen LogP contribution in [-0.4, -0.2) is 27.7 Å². The van der Waals surface area contributed by atoms with Crippen LogP contribution in [0.2, 0.25) is 0 Å². The molecule has 0 bridgehead atoms. The van der Waals surface area contributed by atoms with Gasteiger partial charge in [0.1, 0.15) is 0 Å². The highest BCUT2D eigenvalue weighted by Crippen LogP contribution is 2.18. The highest BCUT2D eigenvalue weighted by molar-refractivity contribution is 5.70. The Hall–Kier alpha value is -1.55. The van der Waals surface area contributed by atoms with Crippen LogP contribution < -0.4 is 5.43 Å². The Bertz CT molecular complexity index is 456. The van der Waals surface area contributed by atoms with Crippen molar-refractivity contribution in [2.24, 2.45) is 0 Å². The van der Waals surface area contributed by atoms with Crippen molar-refractivity contribution in [3.8, 4) is 0 Å². The fraction of sp³-hybridized carbons (Fsp3) is 0.364. The fourth-order valence-electron chi connectivity index (χ4n) is 2.02. The maximum atomic E-state index is 4.29. The van der Waals surface area contributed by atoms with E-state index in [1.54, 1.807) is 0 Å². The van der Waals surface area contributed by atoms with Crippen molar-refractivity contribution in [1.82, 2.24) is 14.6 Å². The van der Waals surface area contributed by atoms with E-state index in [9.17, 15) is 0 Å². The van der Waals surface area contributed by atoms with Crippen LogP contribution in [0.15, 0.2) is 30.6 Å². The van der Waals surface area contributed by atoms with E-state index in [1.807, 2.05) is 29.0 Å². The number of hydrogen-bond acceptors (Lipinski definition) is 3. The molecule has 0 radical (unpaired) electrons. The number of nitrogens with one attached hydrogen (secondary N) is 1. The lowest BCUT2D eigenvalue weighted by molar-refractivity contribution is 0.411. The zero-order chi connectivity index (χ0) is 10.1. The quantitative estimate of drug-likeness (QED) is 0.805. The highest BCUT2D eigenvalue weighted by atomic mass is 15.5. The van der Waals surface area contributed by atoms with Crippen molar-refractivity contribution in [3.05, 3.63) is 30.6 Å². The first kappa shape index (κ1) is 8.73. The van der Waals surface area contributed by atoms with Gasteiger partial charge >= 0.3 is 0 Å². The van der Waals surface area contributed by atoms with Gasteiger partial charge in [0, 0.05) is 19.3 Å². The average molecular weight is 202 g/mol. The molecule has 0 saturated carbocycles. The molecule has 1 N–H and O–H groups in total. The molecule has 0 spiro atoms. The lowest BCUT2D eigenvalue weighted by Crippen LogP contribution is -2.25. The van der Waals surface area contributed by atoms with E-state index in [4.69, 9.17) is 0 Å². The van der Waals surface area contributed by atoms with Crippen LogP contribution in [0, 0.1) is 0 Å². The van der Waals surface area contributed by atoms with Gasteiger partial charge in [-0.15, -0.1) is 0 Å². The topological polar surface area (TPSA) is 32.6 Å². The molecule has 1 aliphatic rings. The second-order valence-corrected chi connectivity index (χ2v) is 3.89. The SMILES string of the molecule is c1ccn2ncc(NN3CCCC3)c2c1. The summed E-state index contributed by atoms with van der Waals surface area (Å²) in [6, 6.07) is 6.09. The van der Waals surface area contributed by atoms with Crippen molar-refractivity contribution in [1.29, 1.82) is 0 Å².